The third kappa shape index (κ3) is 3.13. The maximum Gasteiger partial charge on any atom is 0.307 e. The highest BCUT2D eigenvalue weighted by Gasteiger charge is 2.47. The van der Waals surface area contributed by atoms with E-state index in [4.69, 9.17) is 5.26 Å². The van der Waals surface area contributed by atoms with Crippen LogP contribution >= 0.6 is 0 Å². The average Bonchev–Trinajstić information content (AvgIpc) is 2.33. The lowest BCUT2D eigenvalue weighted by molar-refractivity contribution is -0.150. The first-order chi connectivity index (χ1) is 9.04. The molecule has 4 atom stereocenters. The standard InChI is InChI=1S/C13H22N2O4S/c1-8(7-14)20(18,19)15-11-6-5-10(12(16)17)13(3,4)9(11)2/h8-11,15H,5-6H2,1-4H3,(H,16,17). The van der Waals surface area contributed by atoms with E-state index in [-0.39, 0.29) is 12.0 Å². The zero-order valence-electron chi connectivity index (χ0n) is 12.3. The molecule has 1 saturated carbocycles. The first-order valence-corrected chi connectivity index (χ1v) is 8.22. The fourth-order valence-electron chi connectivity index (χ4n) is 2.79. The summed E-state index contributed by atoms with van der Waals surface area (Å²) in [6, 6.07) is 1.38. The van der Waals surface area contributed by atoms with Gasteiger partial charge in [0.15, 0.2) is 5.25 Å². The Morgan fingerprint density at radius 2 is 2.00 bits per heavy atom. The highest BCUT2D eigenvalue weighted by atomic mass is 32.2. The Morgan fingerprint density at radius 1 is 1.45 bits per heavy atom. The molecule has 1 rings (SSSR count). The molecular formula is C13H22N2O4S. The van der Waals surface area contributed by atoms with Crippen LogP contribution in [0.1, 0.15) is 40.5 Å². The molecule has 0 aliphatic heterocycles. The summed E-state index contributed by atoms with van der Waals surface area (Å²) in [5, 5.41) is 16.9. The minimum absolute atomic E-state index is 0.127. The normalized spacial score (nSPS) is 31.2. The van der Waals surface area contributed by atoms with Crippen molar-refractivity contribution < 1.29 is 18.3 Å². The topological polar surface area (TPSA) is 107 Å². The van der Waals surface area contributed by atoms with Crippen LogP contribution in [0, 0.1) is 28.6 Å². The highest BCUT2D eigenvalue weighted by molar-refractivity contribution is 7.90. The lowest BCUT2D eigenvalue weighted by Gasteiger charge is -2.46. The van der Waals surface area contributed by atoms with Gasteiger partial charge in [-0.25, -0.2) is 13.1 Å². The Kier molecular flexibility index (Phi) is 4.82. The third-order valence-corrected chi connectivity index (χ3v) is 6.37. The fourth-order valence-corrected chi connectivity index (χ4v) is 3.88. The van der Waals surface area contributed by atoms with Gasteiger partial charge in [-0.3, -0.25) is 4.79 Å². The van der Waals surface area contributed by atoms with Crippen molar-refractivity contribution in [1.82, 2.24) is 4.72 Å². The minimum Gasteiger partial charge on any atom is -0.481 e. The summed E-state index contributed by atoms with van der Waals surface area (Å²) in [7, 11) is -3.69. The Bertz CT molecular complexity index is 521. The molecule has 1 aliphatic rings. The molecule has 0 saturated heterocycles. The maximum atomic E-state index is 12.0. The van der Waals surface area contributed by atoms with Crippen LogP contribution < -0.4 is 4.72 Å². The van der Waals surface area contributed by atoms with Crippen molar-refractivity contribution in [3.63, 3.8) is 0 Å². The Hall–Kier alpha value is -1.13. The van der Waals surface area contributed by atoms with Crippen LogP contribution in [-0.4, -0.2) is 30.8 Å². The van der Waals surface area contributed by atoms with E-state index in [1.54, 1.807) is 6.07 Å². The number of sulfonamides is 1. The average molecular weight is 302 g/mol. The molecule has 2 N–H and O–H groups in total. The molecule has 20 heavy (non-hydrogen) atoms. The Balaban J connectivity index is 2.93. The second-order valence-electron chi connectivity index (χ2n) is 6.12. The van der Waals surface area contributed by atoms with E-state index in [0.29, 0.717) is 12.8 Å². The SMILES string of the molecule is CC1C(NS(=O)(=O)C(C)C#N)CCC(C(=O)O)C1(C)C. The Morgan fingerprint density at radius 3 is 2.45 bits per heavy atom. The van der Waals surface area contributed by atoms with E-state index >= 15 is 0 Å². The molecule has 0 amide bonds. The van der Waals surface area contributed by atoms with Gasteiger partial charge in [-0.2, -0.15) is 5.26 Å². The van der Waals surface area contributed by atoms with E-state index in [2.05, 4.69) is 4.72 Å². The molecular weight excluding hydrogens is 280 g/mol. The van der Waals surface area contributed by atoms with E-state index in [1.807, 2.05) is 20.8 Å². The Labute approximate surface area is 120 Å². The predicted molar refractivity (Wildman–Crippen MR) is 74.2 cm³/mol. The lowest BCUT2D eigenvalue weighted by atomic mass is 9.61. The number of nitrogens with zero attached hydrogens (tertiary/aromatic N) is 1. The monoisotopic (exact) mass is 302 g/mol. The van der Waals surface area contributed by atoms with E-state index in [0.717, 1.165) is 0 Å². The number of nitriles is 1. The molecule has 6 nitrogen and oxygen atoms in total. The number of hydrogen-bond donors (Lipinski definition) is 2. The second kappa shape index (κ2) is 5.70. The molecule has 0 radical (unpaired) electrons. The molecule has 0 bridgehead atoms. The predicted octanol–water partition coefficient (Wildman–Crippen LogP) is 1.34. The molecule has 0 spiro atoms. The summed E-state index contributed by atoms with van der Waals surface area (Å²) in [6.07, 6.45) is 0.903. The van der Waals surface area contributed by atoms with Crippen molar-refractivity contribution in [2.75, 3.05) is 0 Å². The van der Waals surface area contributed by atoms with Crippen LogP contribution in [-0.2, 0) is 14.8 Å². The fraction of sp³-hybridized carbons (Fsp3) is 0.846. The molecule has 0 heterocycles. The van der Waals surface area contributed by atoms with Crippen molar-refractivity contribution in [1.29, 1.82) is 5.26 Å². The summed E-state index contributed by atoms with van der Waals surface area (Å²) in [6.45, 7) is 6.90. The third-order valence-electron chi connectivity index (χ3n) is 4.70. The van der Waals surface area contributed by atoms with Gasteiger partial charge in [-0.15, -0.1) is 0 Å². The van der Waals surface area contributed by atoms with Gasteiger partial charge in [0.1, 0.15) is 0 Å². The van der Waals surface area contributed by atoms with Crippen LogP contribution in [0.15, 0.2) is 0 Å². The molecule has 0 aromatic carbocycles. The first-order valence-electron chi connectivity index (χ1n) is 6.67. The van der Waals surface area contributed by atoms with Crippen LogP contribution in [0.4, 0.5) is 0 Å². The van der Waals surface area contributed by atoms with Gasteiger partial charge in [0.05, 0.1) is 12.0 Å². The van der Waals surface area contributed by atoms with Gasteiger partial charge in [-0.05, 0) is 31.1 Å². The molecule has 4 unspecified atom stereocenters. The molecule has 7 heteroatoms. The van der Waals surface area contributed by atoms with E-state index in [1.165, 1.54) is 6.92 Å². The van der Waals surface area contributed by atoms with Gasteiger partial charge < -0.3 is 5.11 Å². The highest BCUT2D eigenvalue weighted by Crippen LogP contribution is 2.45. The second-order valence-corrected chi connectivity index (χ2v) is 8.15. The van der Waals surface area contributed by atoms with E-state index in [9.17, 15) is 18.3 Å². The van der Waals surface area contributed by atoms with Gasteiger partial charge in [-0.1, -0.05) is 20.8 Å². The quantitative estimate of drug-likeness (QED) is 0.815. The summed E-state index contributed by atoms with van der Waals surface area (Å²) < 4.78 is 26.5. The summed E-state index contributed by atoms with van der Waals surface area (Å²) in [5.74, 6) is -1.45. The molecule has 1 fully saturated rings. The van der Waals surface area contributed by atoms with Gasteiger partial charge >= 0.3 is 5.97 Å². The summed E-state index contributed by atoms with van der Waals surface area (Å²) >= 11 is 0. The van der Waals surface area contributed by atoms with Crippen LogP contribution in [0.25, 0.3) is 0 Å². The molecule has 1 aliphatic carbocycles. The van der Waals surface area contributed by atoms with E-state index < -0.39 is 32.6 Å². The van der Waals surface area contributed by atoms with Gasteiger partial charge in [0, 0.05) is 6.04 Å². The van der Waals surface area contributed by atoms with Gasteiger partial charge in [0.25, 0.3) is 0 Å². The minimum atomic E-state index is -3.69. The number of carbonyl (C=O) groups is 1. The molecule has 114 valence electrons. The first kappa shape index (κ1) is 16.9. The molecule has 0 aromatic rings. The number of aliphatic carboxylic acids is 1. The van der Waals surface area contributed by atoms with Crippen molar-refractivity contribution in [3.8, 4) is 6.07 Å². The van der Waals surface area contributed by atoms with Crippen LogP contribution in [0.5, 0.6) is 0 Å². The van der Waals surface area contributed by atoms with Crippen molar-refractivity contribution >= 4 is 16.0 Å². The number of nitrogens with one attached hydrogen (secondary N) is 1. The number of rotatable bonds is 4. The smallest absolute Gasteiger partial charge is 0.307 e. The zero-order valence-corrected chi connectivity index (χ0v) is 13.1. The number of carboxylic acids is 1. The van der Waals surface area contributed by atoms with Gasteiger partial charge in [0.2, 0.25) is 10.0 Å². The number of hydrogen-bond acceptors (Lipinski definition) is 4. The van der Waals surface area contributed by atoms with Crippen molar-refractivity contribution in [2.24, 2.45) is 17.3 Å². The maximum absolute atomic E-state index is 12.0. The lowest BCUT2D eigenvalue weighted by Crippen LogP contribution is -2.53. The summed E-state index contributed by atoms with van der Waals surface area (Å²) in [4.78, 5) is 11.3. The van der Waals surface area contributed by atoms with Crippen LogP contribution in [0.3, 0.4) is 0 Å². The van der Waals surface area contributed by atoms with Crippen molar-refractivity contribution in [3.05, 3.63) is 0 Å². The largest absolute Gasteiger partial charge is 0.481 e. The zero-order chi connectivity index (χ0) is 15.7. The number of carboxylic acid groups (broad SMARTS) is 1. The van der Waals surface area contributed by atoms with Crippen molar-refractivity contribution in [2.45, 2.75) is 51.8 Å². The van der Waals surface area contributed by atoms with Crippen LogP contribution in [0.2, 0.25) is 0 Å². The summed E-state index contributed by atoms with van der Waals surface area (Å²) in [5.41, 5.74) is -0.507. The molecule has 0 aromatic heterocycles.